The molecule has 2 aromatic heterocycles. The first-order valence-corrected chi connectivity index (χ1v) is 8.29. The van der Waals surface area contributed by atoms with E-state index in [9.17, 15) is 4.79 Å². The number of hydrogen-bond donors (Lipinski definition) is 1. The second kappa shape index (κ2) is 6.71. The van der Waals surface area contributed by atoms with Crippen molar-refractivity contribution in [3.05, 3.63) is 65.4 Å². The van der Waals surface area contributed by atoms with Gasteiger partial charge in [0, 0.05) is 29.0 Å². The van der Waals surface area contributed by atoms with Crippen molar-refractivity contribution >= 4 is 22.9 Å². The normalized spacial score (nSPS) is 10.7. The van der Waals surface area contributed by atoms with E-state index < -0.39 is 0 Å². The van der Waals surface area contributed by atoms with Gasteiger partial charge in [0.05, 0.1) is 0 Å². The topological polar surface area (TPSA) is 54.9 Å². The van der Waals surface area contributed by atoms with E-state index in [0.717, 1.165) is 21.8 Å². The molecular weight excluding hydrogens is 306 g/mol. The first kappa shape index (κ1) is 15.4. The molecule has 0 unspecified atom stereocenters. The van der Waals surface area contributed by atoms with Crippen LogP contribution in [0.25, 0.3) is 10.6 Å². The third-order valence-corrected chi connectivity index (χ3v) is 4.37. The van der Waals surface area contributed by atoms with Crippen LogP contribution in [0.2, 0.25) is 0 Å². The van der Waals surface area contributed by atoms with Gasteiger partial charge < -0.3 is 5.32 Å². The van der Waals surface area contributed by atoms with E-state index in [0.29, 0.717) is 11.6 Å². The van der Waals surface area contributed by atoms with E-state index >= 15 is 0 Å². The number of benzene rings is 1. The van der Waals surface area contributed by atoms with Crippen LogP contribution in [0.15, 0.2) is 54.2 Å². The highest BCUT2D eigenvalue weighted by Gasteiger charge is 2.14. The minimum Gasteiger partial charge on any atom is -0.320 e. The monoisotopic (exact) mass is 323 g/mol. The van der Waals surface area contributed by atoms with Gasteiger partial charge in [0.15, 0.2) is 0 Å². The number of nitrogens with zero attached hydrogens (tertiary/aromatic N) is 2. The lowest BCUT2D eigenvalue weighted by Gasteiger charge is -2.12. The van der Waals surface area contributed by atoms with Crippen LogP contribution in [0.1, 0.15) is 35.8 Å². The molecule has 0 fully saturated rings. The Balaban J connectivity index is 1.81. The van der Waals surface area contributed by atoms with Crippen molar-refractivity contribution < 1.29 is 4.79 Å². The fourth-order valence-electron chi connectivity index (χ4n) is 2.30. The largest absolute Gasteiger partial charge is 0.320 e. The number of hydrogen-bond acceptors (Lipinski definition) is 4. The van der Waals surface area contributed by atoms with E-state index in [-0.39, 0.29) is 5.91 Å². The van der Waals surface area contributed by atoms with Crippen molar-refractivity contribution in [2.45, 2.75) is 19.8 Å². The molecule has 0 spiro atoms. The molecule has 0 radical (unpaired) electrons. The smallest absolute Gasteiger partial charge is 0.275 e. The fraction of sp³-hybridized carbons (Fsp3) is 0.167. The summed E-state index contributed by atoms with van der Waals surface area (Å²) in [5.74, 6) is 0.150. The summed E-state index contributed by atoms with van der Waals surface area (Å²) in [7, 11) is 0. The highest BCUT2D eigenvalue weighted by Crippen LogP contribution is 2.26. The number of rotatable bonds is 4. The predicted molar refractivity (Wildman–Crippen MR) is 93.8 cm³/mol. The van der Waals surface area contributed by atoms with E-state index in [1.165, 1.54) is 11.3 Å². The minimum atomic E-state index is -0.190. The molecule has 0 aliphatic rings. The molecular formula is C18H17N3OS. The highest BCUT2D eigenvalue weighted by molar-refractivity contribution is 7.13. The fourth-order valence-corrected chi connectivity index (χ4v) is 3.09. The Hall–Kier alpha value is -2.53. The van der Waals surface area contributed by atoms with Crippen molar-refractivity contribution in [3.8, 4) is 10.6 Å². The van der Waals surface area contributed by atoms with Crippen LogP contribution >= 0.6 is 11.3 Å². The van der Waals surface area contributed by atoms with Crippen LogP contribution in [0.4, 0.5) is 5.69 Å². The average Bonchev–Trinajstić information content (AvgIpc) is 3.06. The standard InChI is InChI=1S/C18H17N3OS/c1-12(2)14-7-3-4-8-15(14)20-17(22)16-11-23-18(21-16)13-6-5-9-19-10-13/h3-12H,1-2H3,(H,20,22). The molecule has 0 atom stereocenters. The summed E-state index contributed by atoms with van der Waals surface area (Å²) in [5.41, 5.74) is 3.29. The molecule has 0 saturated heterocycles. The highest BCUT2D eigenvalue weighted by atomic mass is 32.1. The average molecular weight is 323 g/mol. The number of anilines is 1. The number of thiazole rings is 1. The summed E-state index contributed by atoms with van der Waals surface area (Å²) >= 11 is 1.44. The van der Waals surface area contributed by atoms with Gasteiger partial charge in [-0.2, -0.15) is 0 Å². The lowest BCUT2D eigenvalue weighted by Crippen LogP contribution is -2.14. The second-order valence-electron chi connectivity index (χ2n) is 5.48. The van der Waals surface area contributed by atoms with Gasteiger partial charge in [0.25, 0.3) is 5.91 Å². The van der Waals surface area contributed by atoms with Gasteiger partial charge in [-0.15, -0.1) is 11.3 Å². The second-order valence-corrected chi connectivity index (χ2v) is 6.33. The van der Waals surface area contributed by atoms with E-state index in [2.05, 4.69) is 29.1 Å². The Morgan fingerprint density at radius 2 is 2.00 bits per heavy atom. The molecule has 0 saturated carbocycles. The molecule has 0 aliphatic heterocycles. The van der Waals surface area contributed by atoms with Gasteiger partial charge in [0.2, 0.25) is 0 Å². The summed E-state index contributed by atoms with van der Waals surface area (Å²) in [6.07, 6.45) is 3.46. The van der Waals surface area contributed by atoms with Gasteiger partial charge in [-0.25, -0.2) is 4.98 Å². The van der Waals surface area contributed by atoms with Gasteiger partial charge in [-0.1, -0.05) is 32.0 Å². The number of amides is 1. The Morgan fingerprint density at radius 1 is 1.17 bits per heavy atom. The van der Waals surface area contributed by atoms with Crippen molar-refractivity contribution in [2.75, 3.05) is 5.32 Å². The first-order chi connectivity index (χ1) is 11.1. The van der Waals surface area contributed by atoms with Gasteiger partial charge >= 0.3 is 0 Å². The summed E-state index contributed by atoms with van der Waals surface area (Å²) in [6.45, 7) is 4.21. The zero-order valence-corrected chi connectivity index (χ0v) is 13.8. The Morgan fingerprint density at radius 3 is 2.74 bits per heavy atom. The lowest BCUT2D eigenvalue weighted by molar-refractivity contribution is 0.102. The van der Waals surface area contributed by atoms with Crippen LogP contribution in [0.5, 0.6) is 0 Å². The minimum absolute atomic E-state index is 0.190. The van der Waals surface area contributed by atoms with Crippen LogP contribution in [-0.4, -0.2) is 15.9 Å². The maximum atomic E-state index is 12.5. The summed E-state index contributed by atoms with van der Waals surface area (Å²) in [5, 5.41) is 5.53. The molecule has 1 amide bonds. The molecule has 2 heterocycles. The van der Waals surface area contributed by atoms with Crippen LogP contribution < -0.4 is 5.32 Å². The number of carbonyl (C=O) groups excluding carboxylic acids is 1. The Kier molecular flexibility index (Phi) is 4.48. The molecule has 0 bridgehead atoms. The number of carbonyl (C=O) groups is 1. The zero-order chi connectivity index (χ0) is 16.2. The van der Waals surface area contributed by atoms with Crippen molar-refractivity contribution in [1.29, 1.82) is 0 Å². The van der Waals surface area contributed by atoms with Gasteiger partial charge in [-0.05, 0) is 29.7 Å². The quantitative estimate of drug-likeness (QED) is 0.764. The van der Waals surface area contributed by atoms with Crippen LogP contribution in [0.3, 0.4) is 0 Å². The van der Waals surface area contributed by atoms with E-state index in [1.807, 2.05) is 36.4 Å². The van der Waals surface area contributed by atoms with Crippen molar-refractivity contribution in [1.82, 2.24) is 9.97 Å². The molecule has 3 rings (SSSR count). The zero-order valence-electron chi connectivity index (χ0n) is 13.0. The number of para-hydroxylation sites is 1. The SMILES string of the molecule is CC(C)c1ccccc1NC(=O)c1csc(-c2cccnc2)n1. The molecule has 23 heavy (non-hydrogen) atoms. The molecule has 0 aliphatic carbocycles. The summed E-state index contributed by atoms with van der Waals surface area (Å²) in [6, 6.07) is 11.6. The number of nitrogens with one attached hydrogen (secondary N) is 1. The van der Waals surface area contributed by atoms with Gasteiger partial charge in [-0.3, -0.25) is 9.78 Å². The van der Waals surface area contributed by atoms with E-state index in [4.69, 9.17) is 0 Å². The first-order valence-electron chi connectivity index (χ1n) is 7.41. The molecule has 4 nitrogen and oxygen atoms in total. The predicted octanol–water partition coefficient (Wildman–Crippen LogP) is 4.58. The maximum Gasteiger partial charge on any atom is 0.275 e. The third-order valence-electron chi connectivity index (χ3n) is 3.48. The summed E-state index contributed by atoms with van der Waals surface area (Å²) < 4.78 is 0. The molecule has 3 aromatic rings. The Bertz CT molecular complexity index is 812. The lowest BCUT2D eigenvalue weighted by atomic mass is 10.0. The molecule has 5 heteroatoms. The number of aromatic nitrogens is 2. The van der Waals surface area contributed by atoms with Crippen molar-refractivity contribution in [3.63, 3.8) is 0 Å². The van der Waals surface area contributed by atoms with E-state index in [1.54, 1.807) is 17.8 Å². The van der Waals surface area contributed by atoms with Crippen molar-refractivity contribution in [2.24, 2.45) is 0 Å². The maximum absolute atomic E-state index is 12.5. The summed E-state index contributed by atoms with van der Waals surface area (Å²) in [4.78, 5) is 20.9. The number of pyridine rings is 1. The van der Waals surface area contributed by atoms with Gasteiger partial charge in [0.1, 0.15) is 10.7 Å². The molecule has 1 aromatic carbocycles. The van der Waals surface area contributed by atoms with Crippen LogP contribution in [0, 0.1) is 0 Å². The molecule has 116 valence electrons. The third kappa shape index (κ3) is 3.46. The molecule has 1 N–H and O–H groups in total. The Labute approximate surface area is 139 Å². The van der Waals surface area contributed by atoms with Crippen LogP contribution in [-0.2, 0) is 0 Å².